The van der Waals surface area contributed by atoms with Crippen LogP contribution in [0.5, 0.6) is 17.2 Å². The van der Waals surface area contributed by atoms with E-state index in [1.807, 2.05) is 42.5 Å². The number of amides is 1. The van der Waals surface area contributed by atoms with Crippen molar-refractivity contribution in [3.8, 4) is 17.2 Å². The summed E-state index contributed by atoms with van der Waals surface area (Å²) in [6.45, 7) is 3.78. The number of rotatable bonds is 7. The Morgan fingerprint density at radius 3 is 2.50 bits per heavy atom. The van der Waals surface area contributed by atoms with E-state index < -0.39 is 0 Å². The maximum Gasteiger partial charge on any atom is 0.257 e. The number of carbonyl (C=O) groups excluding carboxylic acids is 1. The Kier molecular flexibility index (Phi) is 6.92. The van der Waals surface area contributed by atoms with Crippen molar-refractivity contribution in [1.29, 1.82) is 0 Å². The summed E-state index contributed by atoms with van der Waals surface area (Å²) >= 11 is 0. The van der Waals surface area contributed by atoms with E-state index in [9.17, 15) is 4.79 Å². The molecule has 170 valence electrons. The van der Waals surface area contributed by atoms with Crippen LogP contribution in [0.15, 0.2) is 47.6 Å². The first-order valence-corrected chi connectivity index (χ1v) is 10.8. The SMILES string of the molecule is COc1ccc(OC)c(C2CC(c3ccccc3OC)=NN2C(=O)CN2CCNCC2)c1. The third-order valence-electron chi connectivity index (χ3n) is 5.95. The van der Waals surface area contributed by atoms with Gasteiger partial charge in [0.25, 0.3) is 5.91 Å². The van der Waals surface area contributed by atoms with Crippen molar-refractivity contribution in [2.24, 2.45) is 5.10 Å². The van der Waals surface area contributed by atoms with E-state index >= 15 is 0 Å². The summed E-state index contributed by atoms with van der Waals surface area (Å²) in [6.07, 6.45) is 0.553. The number of hydrazone groups is 1. The third-order valence-corrected chi connectivity index (χ3v) is 5.95. The molecule has 1 amide bonds. The molecule has 8 nitrogen and oxygen atoms in total. The van der Waals surface area contributed by atoms with E-state index in [0.717, 1.165) is 48.8 Å². The van der Waals surface area contributed by atoms with Crippen LogP contribution in [0.1, 0.15) is 23.6 Å². The molecule has 8 heteroatoms. The number of hydrogen-bond donors (Lipinski definition) is 1. The van der Waals surface area contributed by atoms with Gasteiger partial charge in [-0.05, 0) is 30.3 Å². The second-order valence-corrected chi connectivity index (χ2v) is 7.84. The fourth-order valence-corrected chi connectivity index (χ4v) is 4.26. The van der Waals surface area contributed by atoms with Gasteiger partial charge in [-0.3, -0.25) is 9.69 Å². The molecule has 2 aliphatic rings. The Labute approximate surface area is 188 Å². The fourth-order valence-electron chi connectivity index (χ4n) is 4.26. The van der Waals surface area contributed by atoms with Crippen LogP contribution in [0.3, 0.4) is 0 Å². The molecule has 2 aliphatic heterocycles. The number of nitrogens with one attached hydrogen (secondary N) is 1. The quantitative estimate of drug-likeness (QED) is 0.715. The van der Waals surface area contributed by atoms with Crippen LogP contribution in [-0.4, -0.2) is 75.6 Å². The third kappa shape index (κ3) is 4.56. The molecule has 2 aromatic rings. The van der Waals surface area contributed by atoms with Gasteiger partial charge in [-0.1, -0.05) is 12.1 Å². The fraction of sp³-hybridized carbons (Fsp3) is 0.417. The van der Waals surface area contributed by atoms with Crippen LogP contribution in [-0.2, 0) is 4.79 Å². The highest BCUT2D eigenvalue weighted by atomic mass is 16.5. The van der Waals surface area contributed by atoms with Crippen molar-refractivity contribution < 1.29 is 19.0 Å². The monoisotopic (exact) mass is 438 g/mol. The lowest BCUT2D eigenvalue weighted by molar-refractivity contribution is -0.134. The second-order valence-electron chi connectivity index (χ2n) is 7.84. The normalized spacial score (nSPS) is 18.9. The maximum atomic E-state index is 13.4. The minimum absolute atomic E-state index is 0.0355. The minimum Gasteiger partial charge on any atom is -0.497 e. The highest BCUT2D eigenvalue weighted by molar-refractivity contribution is 6.05. The van der Waals surface area contributed by atoms with Gasteiger partial charge in [0, 0.05) is 43.7 Å². The van der Waals surface area contributed by atoms with Crippen LogP contribution in [0.2, 0.25) is 0 Å². The van der Waals surface area contributed by atoms with E-state index in [-0.39, 0.29) is 11.9 Å². The smallest absolute Gasteiger partial charge is 0.257 e. The molecule has 2 heterocycles. The van der Waals surface area contributed by atoms with Crippen molar-refractivity contribution in [2.45, 2.75) is 12.5 Å². The lowest BCUT2D eigenvalue weighted by Gasteiger charge is -2.29. The van der Waals surface area contributed by atoms with Crippen LogP contribution < -0.4 is 19.5 Å². The van der Waals surface area contributed by atoms with Crippen LogP contribution in [0.4, 0.5) is 0 Å². The average molecular weight is 439 g/mol. The zero-order valence-corrected chi connectivity index (χ0v) is 18.8. The zero-order chi connectivity index (χ0) is 22.5. The molecule has 0 radical (unpaired) electrons. The predicted molar refractivity (Wildman–Crippen MR) is 123 cm³/mol. The molecular formula is C24H30N4O4. The molecule has 1 unspecified atom stereocenters. The molecule has 4 rings (SSSR count). The molecule has 2 aromatic carbocycles. The molecule has 1 fully saturated rings. The van der Waals surface area contributed by atoms with Crippen molar-refractivity contribution in [3.05, 3.63) is 53.6 Å². The first kappa shape index (κ1) is 22.1. The minimum atomic E-state index is -0.296. The van der Waals surface area contributed by atoms with E-state index in [4.69, 9.17) is 19.3 Å². The number of hydrogen-bond acceptors (Lipinski definition) is 7. The summed E-state index contributed by atoms with van der Waals surface area (Å²) in [5.41, 5.74) is 2.57. The van der Waals surface area contributed by atoms with E-state index in [0.29, 0.717) is 24.5 Å². The highest BCUT2D eigenvalue weighted by Gasteiger charge is 2.36. The number of nitrogens with zero attached hydrogens (tertiary/aromatic N) is 3. The van der Waals surface area contributed by atoms with Gasteiger partial charge in [0.05, 0.1) is 39.6 Å². The topological polar surface area (TPSA) is 75.6 Å². The number of ether oxygens (including phenoxy) is 3. The van der Waals surface area contributed by atoms with Crippen molar-refractivity contribution in [1.82, 2.24) is 15.2 Å². The standard InChI is InChI=1S/C24H30N4O4/c1-30-17-8-9-23(32-3)19(14-17)21-15-20(18-6-4-5-7-22(18)31-2)26-28(21)24(29)16-27-12-10-25-11-13-27/h4-9,14,21,25H,10-13,15-16H2,1-3H3. The molecular weight excluding hydrogens is 408 g/mol. The van der Waals surface area contributed by atoms with Crippen LogP contribution in [0.25, 0.3) is 0 Å². The molecule has 1 N–H and O–H groups in total. The Morgan fingerprint density at radius 1 is 1.03 bits per heavy atom. The molecule has 1 saturated heterocycles. The first-order chi connectivity index (χ1) is 15.6. The van der Waals surface area contributed by atoms with E-state index in [1.54, 1.807) is 26.3 Å². The lowest BCUT2D eigenvalue weighted by atomic mass is 9.97. The summed E-state index contributed by atoms with van der Waals surface area (Å²) in [5, 5.41) is 9.74. The van der Waals surface area contributed by atoms with Crippen molar-refractivity contribution >= 4 is 11.6 Å². The van der Waals surface area contributed by atoms with E-state index in [2.05, 4.69) is 10.2 Å². The van der Waals surface area contributed by atoms with Crippen LogP contribution >= 0.6 is 0 Å². The summed E-state index contributed by atoms with van der Waals surface area (Å²) < 4.78 is 16.6. The molecule has 0 aliphatic carbocycles. The Balaban J connectivity index is 1.70. The van der Waals surface area contributed by atoms with E-state index in [1.165, 1.54) is 0 Å². The molecule has 1 atom stereocenters. The molecule has 0 bridgehead atoms. The molecule has 32 heavy (non-hydrogen) atoms. The lowest BCUT2D eigenvalue weighted by Crippen LogP contribution is -2.47. The van der Waals surface area contributed by atoms with Gasteiger partial charge in [0.15, 0.2) is 0 Å². The van der Waals surface area contributed by atoms with Crippen molar-refractivity contribution in [3.63, 3.8) is 0 Å². The molecule has 0 aromatic heterocycles. The molecule has 0 spiro atoms. The number of benzene rings is 2. The maximum absolute atomic E-state index is 13.4. The summed E-state index contributed by atoms with van der Waals surface area (Å²) in [7, 11) is 4.91. The zero-order valence-electron chi connectivity index (χ0n) is 18.8. The largest absolute Gasteiger partial charge is 0.497 e. The van der Waals surface area contributed by atoms with Gasteiger partial charge < -0.3 is 19.5 Å². The summed E-state index contributed by atoms with van der Waals surface area (Å²) in [5.74, 6) is 2.11. The Bertz CT molecular complexity index is 988. The van der Waals surface area contributed by atoms with Crippen molar-refractivity contribution in [2.75, 3.05) is 54.1 Å². The summed E-state index contributed by atoms with van der Waals surface area (Å²) in [6, 6.07) is 13.1. The van der Waals surface area contributed by atoms with Crippen LogP contribution in [0, 0.1) is 0 Å². The number of carbonyl (C=O) groups is 1. The van der Waals surface area contributed by atoms with Gasteiger partial charge in [-0.2, -0.15) is 5.10 Å². The molecule has 0 saturated carbocycles. The predicted octanol–water partition coefficient (Wildman–Crippen LogP) is 2.30. The Morgan fingerprint density at radius 2 is 1.78 bits per heavy atom. The van der Waals surface area contributed by atoms with Gasteiger partial charge in [-0.25, -0.2) is 5.01 Å². The number of piperazine rings is 1. The van der Waals surface area contributed by atoms with Gasteiger partial charge >= 0.3 is 0 Å². The number of methoxy groups -OCH3 is 3. The second kappa shape index (κ2) is 10.0. The van der Waals surface area contributed by atoms with Gasteiger partial charge in [0.1, 0.15) is 17.2 Å². The van der Waals surface area contributed by atoms with Gasteiger partial charge in [-0.15, -0.1) is 0 Å². The number of para-hydroxylation sites is 1. The first-order valence-electron chi connectivity index (χ1n) is 10.8. The Hall–Kier alpha value is -3.10. The van der Waals surface area contributed by atoms with Gasteiger partial charge in [0.2, 0.25) is 0 Å². The average Bonchev–Trinajstić information content (AvgIpc) is 3.29. The summed E-state index contributed by atoms with van der Waals surface area (Å²) in [4.78, 5) is 15.6. The highest BCUT2D eigenvalue weighted by Crippen LogP contribution is 2.40.